The third-order valence-corrected chi connectivity index (χ3v) is 8.26. The average Bonchev–Trinajstić information content (AvgIpc) is 3.07. The van der Waals surface area contributed by atoms with Crippen LogP contribution >= 0.6 is 0 Å². The van der Waals surface area contributed by atoms with E-state index in [0.29, 0.717) is 12.2 Å². The predicted molar refractivity (Wildman–Crippen MR) is 174 cm³/mol. The van der Waals surface area contributed by atoms with Crippen molar-refractivity contribution in [2.45, 2.75) is 31.7 Å². The normalized spacial score (nSPS) is 18.3. The van der Waals surface area contributed by atoms with Gasteiger partial charge in [-0.2, -0.15) is 0 Å². The van der Waals surface area contributed by atoms with Crippen molar-refractivity contribution in [1.29, 1.82) is 0 Å². The van der Waals surface area contributed by atoms with Crippen LogP contribution in [0.25, 0.3) is 11.3 Å². The number of hydrazine groups is 1. The minimum atomic E-state index is -0.872. The first-order chi connectivity index (χ1) is 22.4. The molecule has 10 heteroatoms. The van der Waals surface area contributed by atoms with Gasteiger partial charge in [-0.05, 0) is 35.4 Å². The van der Waals surface area contributed by atoms with Crippen LogP contribution in [-0.4, -0.2) is 79.6 Å². The van der Waals surface area contributed by atoms with E-state index in [1.807, 2.05) is 78.9 Å². The third-order valence-electron chi connectivity index (χ3n) is 8.26. The molecule has 46 heavy (non-hydrogen) atoms. The summed E-state index contributed by atoms with van der Waals surface area (Å²) in [7, 11) is 0. The molecule has 2 aliphatic heterocycles. The number of aromatic nitrogens is 1. The van der Waals surface area contributed by atoms with Crippen LogP contribution in [0.2, 0.25) is 0 Å². The molecule has 0 saturated carbocycles. The van der Waals surface area contributed by atoms with Gasteiger partial charge >= 0.3 is 6.03 Å². The van der Waals surface area contributed by atoms with Crippen molar-refractivity contribution >= 4 is 17.8 Å². The number of phenols is 1. The highest BCUT2D eigenvalue weighted by Gasteiger charge is 2.51. The summed E-state index contributed by atoms with van der Waals surface area (Å²) in [5.41, 5.74) is 4.16. The Labute approximate surface area is 268 Å². The van der Waals surface area contributed by atoms with Gasteiger partial charge in [0.05, 0.1) is 31.0 Å². The molecule has 10 nitrogen and oxygen atoms in total. The van der Waals surface area contributed by atoms with Gasteiger partial charge in [-0.25, -0.2) is 14.8 Å². The van der Waals surface area contributed by atoms with E-state index in [9.17, 15) is 19.5 Å². The van der Waals surface area contributed by atoms with Gasteiger partial charge in [0, 0.05) is 25.1 Å². The van der Waals surface area contributed by atoms with Gasteiger partial charge < -0.3 is 20.2 Å². The number of benzene rings is 3. The Kier molecular flexibility index (Phi) is 9.07. The maximum Gasteiger partial charge on any atom is 0.334 e. The van der Waals surface area contributed by atoms with Crippen LogP contribution in [-0.2, 0) is 29.1 Å². The van der Waals surface area contributed by atoms with E-state index in [1.165, 1.54) is 0 Å². The van der Waals surface area contributed by atoms with Gasteiger partial charge in [0.15, 0.2) is 0 Å². The zero-order chi connectivity index (χ0) is 32.0. The second kappa shape index (κ2) is 13.7. The summed E-state index contributed by atoms with van der Waals surface area (Å²) >= 11 is 0. The monoisotopic (exact) mass is 616 g/mol. The highest BCUT2D eigenvalue weighted by Crippen LogP contribution is 2.30. The molecule has 3 aromatic carbocycles. The lowest BCUT2D eigenvalue weighted by Gasteiger charge is -2.55. The van der Waals surface area contributed by atoms with Gasteiger partial charge in [0.25, 0.3) is 0 Å². The molecule has 1 aromatic heterocycles. The van der Waals surface area contributed by atoms with Crippen molar-refractivity contribution in [1.82, 2.24) is 30.1 Å². The number of pyridine rings is 1. The van der Waals surface area contributed by atoms with Crippen molar-refractivity contribution in [2.24, 2.45) is 0 Å². The Bertz CT molecular complexity index is 1700. The molecule has 234 valence electrons. The van der Waals surface area contributed by atoms with E-state index >= 15 is 0 Å². The molecule has 4 aromatic rings. The molecule has 2 aliphatic rings. The Morgan fingerprint density at radius 2 is 1.63 bits per heavy atom. The fourth-order valence-electron chi connectivity index (χ4n) is 6.09. The Balaban J connectivity index is 1.34. The Hall–Kier alpha value is -5.48. The minimum absolute atomic E-state index is 0.0820. The smallest absolute Gasteiger partial charge is 0.334 e. The lowest BCUT2D eigenvalue weighted by atomic mass is 9.98. The van der Waals surface area contributed by atoms with Crippen molar-refractivity contribution in [3.05, 3.63) is 133 Å². The highest BCUT2D eigenvalue weighted by molar-refractivity contribution is 5.91. The predicted octanol–water partition coefficient (Wildman–Crippen LogP) is 4.19. The van der Waals surface area contributed by atoms with E-state index in [2.05, 4.69) is 11.9 Å². The summed E-state index contributed by atoms with van der Waals surface area (Å²) in [6.45, 7) is 4.63. The standard InChI is InChI=1S/C36H36N6O4/c1-2-20-40-25-34(44)41-32(21-26-16-18-30(43)19-17-26)35(45)39(23-29-14-9-15-31(38-29)28-12-7-4-8-13-28)24-33(41)42(40)36(46)37-22-27-10-5-3-6-11-27/h2-19,32-33,43H,1,20-25H2,(H,37,46). The quantitative estimate of drug-likeness (QED) is 0.273. The van der Waals surface area contributed by atoms with Crippen LogP contribution in [0.15, 0.2) is 116 Å². The number of piperazine rings is 1. The zero-order valence-corrected chi connectivity index (χ0v) is 25.4. The lowest BCUT2D eigenvalue weighted by molar-refractivity contribution is -0.189. The van der Waals surface area contributed by atoms with E-state index in [4.69, 9.17) is 4.98 Å². The molecule has 0 bridgehead atoms. The molecule has 3 heterocycles. The molecule has 2 atom stereocenters. The number of fused-ring (bicyclic) bond motifs is 1. The largest absolute Gasteiger partial charge is 0.508 e. The number of carbonyl (C=O) groups excluding carboxylic acids is 3. The molecule has 2 unspecified atom stereocenters. The molecule has 2 saturated heterocycles. The number of aromatic hydroxyl groups is 1. The van der Waals surface area contributed by atoms with E-state index < -0.39 is 12.2 Å². The number of nitrogens with zero attached hydrogens (tertiary/aromatic N) is 5. The lowest BCUT2D eigenvalue weighted by Crippen LogP contribution is -2.76. The van der Waals surface area contributed by atoms with Crippen molar-refractivity contribution in [2.75, 3.05) is 19.6 Å². The maximum absolute atomic E-state index is 14.3. The van der Waals surface area contributed by atoms with Crippen molar-refractivity contribution < 1.29 is 19.5 Å². The first-order valence-corrected chi connectivity index (χ1v) is 15.3. The summed E-state index contributed by atoms with van der Waals surface area (Å²) in [6.07, 6.45) is 1.10. The molecule has 6 rings (SSSR count). The first-order valence-electron chi connectivity index (χ1n) is 15.3. The zero-order valence-electron chi connectivity index (χ0n) is 25.4. The SMILES string of the molecule is C=CCN1CC(=O)N2C(Cc3ccc(O)cc3)C(=O)N(Cc3cccc(-c4ccccc4)n3)CC2N1C(=O)NCc1ccccc1. The Morgan fingerprint density at radius 3 is 2.35 bits per heavy atom. The van der Waals surface area contributed by atoms with E-state index in [0.717, 1.165) is 22.4 Å². The van der Waals surface area contributed by atoms with Gasteiger partial charge in [-0.3, -0.25) is 14.6 Å². The number of rotatable bonds is 9. The van der Waals surface area contributed by atoms with Crippen molar-refractivity contribution in [3.63, 3.8) is 0 Å². The summed E-state index contributed by atoms with van der Waals surface area (Å²) < 4.78 is 0. The van der Waals surface area contributed by atoms with Gasteiger partial charge in [-0.1, -0.05) is 84.9 Å². The molecule has 0 radical (unpaired) electrons. The average molecular weight is 617 g/mol. The molecule has 0 aliphatic carbocycles. The molecule has 4 amide bonds. The molecule has 0 spiro atoms. The third kappa shape index (κ3) is 6.62. The molecular formula is C36H36N6O4. The number of amides is 4. The number of nitrogens with one attached hydrogen (secondary N) is 1. The fraction of sp³-hybridized carbons (Fsp3) is 0.222. The Morgan fingerprint density at radius 1 is 0.913 bits per heavy atom. The fourth-order valence-corrected chi connectivity index (χ4v) is 6.09. The molecule has 2 N–H and O–H groups in total. The highest BCUT2D eigenvalue weighted by atomic mass is 16.3. The second-order valence-electron chi connectivity index (χ2n) is 11.4. The first kappa shape index (κ1) is 30.5. The summed E-state index contributed by atoms with van der Waals surface area (Å²) in [5.74, 6) is -0.371. The van der Waals surface area contributed by atoms with Crippen LogP contribution in [0.5, 0.6) is 5.75 Å². The van der Waals surface area contributed by atoms with Crippen LogP contribution in [0.3, 0.4) is 0 Å². The number of carbonyl (C=O) groups is 3. The number of hydrogen-bond acceptors (Lipinski definition) is 6. The molecular weight excluding hydrogens is 580 g/mol. The van der Waals surface area contributed by atoms with E-state index in [-0.39, 0.29) is 56.2 Å². The number of phenolic OH excluding ortho intramolecular Hbond substituents is 1. The van der Waals surface area contributed by atoms with Gasteiger partial charge in [0.1, 0.15) is 18.0 Å². The number of urea groups is 1. The summed E-state index contributed by atoms with van der Waals surface area (Å²) in [4.78, 5) is 50.1. The maximum atomic E-state index is 14.3. The van der Waals surface area contributed by atoms with Crippen LogP contribution in [0, 0.1) is 0 Å². The van der Waals surface area contributed by atoms with Crippen LogP contribution in [0.1, 0.15) is 16.8 Å². The molecule has 2 fully saturated rings. The summed E-state index contributed by atoms with van der Waals surface area (Å²) in [6, 6.07) is 30.5. The van der Waals surface area contributed by atoms with E-state index in [1.54, 1.807) is 50.2 Å². The van der Waals surface area contributed by atoms with Gasteiger partial charge in [-0.15, -0.1) is 6.58 Å². The minimum Gasteiger partial charge on any atom is -0.508 e. The van der Waals surface area contributed by atoms with Crippen molar-refractivity contribution in [3.8, 4) is 17.0 Å². The second-order valence-corrected chi connectivity index (χ2v) is 11.4. The van der Waals surface area contributed by atoms with Crippen LogP contribution < -0.4 is 5.32 Å². The summed E-state index contributed by atoms with van der Waals surface area (Å²) in [5, 5.41) is 16.1. The number of hydrogen-bond donors (Lipinski definition) is 2. The van der Waals surface area contributed by atoms with Gasteiger partial charge in [0.2, 0.25) is 11.8 Å². The van der Waals surface area contributed by atoms with Crippen LogP contribution in [0.4, 0.5) is 4.79 Å². The topological polar surface area (TPSA) is 109 Å².